The fourth-order valence-electron chi connectivity index (χ4n) is 1.56. The van der Waals surface area contributed by atoms with E-state index in [2.05, 4.69) is 5.10 Å². The average Bonchev–Trinajstić information content (AvgIpc) is 2.77. The van der Waals surface area contributed by atoms with Crippen molar-refractivity contribution in [1.82, 2.24) is 9.78 Å². The lowest BCUT2D eigenvalue weighted by Gasteiger charge is -2.02. The van der Waals surface area contributed by atoms with Crippen molar-refractivity contribution < 1.29 is 9.90 Å². The molecule has 1 N–H and O–H groups in total. The highest BCUT2D eigenvalue weighted by Gasteiger charge is 2.10. The summed E-state index contributed by atoms with van der Waals surface area (Å²) in [6, 6.07) is 4.63. The molecule has 0 atom stereocenters. The molecule has 5 heteroatoms. The summed E-state index contributed by atoms with van der Waals surface area (Å²) in [6.45, 7) is 2.74. The number of aromatic nitrogens is 2. The zero-order valence-electron chi connectivity index (χ0n) is 9.22. The van der Waals surface area contributed by atoms with Gasteiger partial charge in [0.25, 0.3) is 0 Å². The molecule has 4 nitrogen and oxygen atoms in total. The van der Waals surface area contributed by atoms with Gasteiger partial charge in [-0.1, -0.05) is 11.6 Å². The highest BCUT2D eigenvalue weighted by molar-refractivity contribution is 6.33. The Morgan fingerprint density at radius 2 is 2.29 bits per heavy atom. The number of aromatic carboxylic acids is 1. The van der Waals surface area contributed by atoms with Crippen molar-refractivity contribution in [2.45, 2.75) is 13.5 Å². The van der Waals surface area contributed by atoms with E-state index in [-0.39, 0.29) is 5.56 Å². The van der Waals surface area contributed by atoms with Gasteiger partial charge in [0.15, 0.2) is 0 Å². The van der Waals surface area contributed by atoms with Gasteiger partial charge < -0.3 is 5.11 Å². The third-order valence-electron chi connectivity index (χ3n) is 2.48. The van der Waals surface area contributed by atoms with Gasteiger partial charge in [-0.3, -0.25) is 4.68 Å². The van der Waals surface area contributed by atoms with Crippen molar-refractivity contribution in [2.24, 2.45) is 0 Å². The topological polar surface area (TPSA) is 55.1 Å². The van der Waals surface area contributed by atoms with Gasteiger partial charge in [0.1, 0.15) is 0 Å². The molecule has 0 amide bonds. The van der Waals surface area contributed by atoms with Crippen LogP contribution in [0.2, 0.25) is 5.02 Å². The lowest BCUT2D eigenvalue weighted by Crippen LogP contribution is -1.96. The number of aryl methyl sites for hydroxylation is 1. The smallest absolute Gasteiger partial charge is 0.335 e. The number of rotatable bonds is 3. The van der Waals surface area contributed by atoms with Gasteiger partial charge in [0.2, 0.25) is 0 Å². The Kier molecular flexibility index (Phi) is 3.15. The van der Waals surface area contributed by atoms with Crippen LogP contribution in [0, 0.1) is 0 Å². The van der Waals surface area contributed by atoms with Gasteiger partial charge in [-0.25, -0.2) is 4.79 Å². The van der Waals surface area contributed by atoms with Crippen molar-refractivity contribution in [3.05, 3.63) is 41.2 Å². The van der Waals surface area contributed by atoms with Gasteiger partial charge in [-0.2, -0.15) is 5.10 Å². The fourth-order valence-corrected chi connectivity index (χ4v) is 1.78. The first-order valence-electron chi connectivity index (χ1n) is 5.17. The highest BCUT2D eigenvalue weighted by atomic mass is 35.5. The van der Waals surface area contributed by atoms with Crippen LogP contribution in [0.5, 0.6) is 0 Å². The molecule has 1 heterocycles. The standard InChI is InChI=1S/C12H11ClN2O2/c1-2-15-7-9(6-14-15)10-5-8(12(16)17)3-4-11(10)13/h3-7H,2H2,1H3,(H,16,17). The third-order valence-corrected chi connectivity index (χ3v) is 2.81. The zero-order valence-corrected chi connectivity index (χ0v) is 9.98. The Balaban J connectivity index is 2.49. The Morgan fingerprint density at radius 1 is 1.53 bits per heavy atom. The van der Waals surface area contributed by atoms with Crippen LogP contribution in [0.15, 0.2) is 30.6 Å². The van der Waals surface area contributed by atoms with Crippen LogP contribution < -0.4 is 0 Å². The van der Waals surface area contributed by atoms with Crippen LogP contribution in [0.3, 0.4) is 0 Å². The lowest BCUT2D eigenvalue weighted by molar-refractivity contribution is 0.0697. The van der Waals surface area contributed by atoms with E-state index < -0.39 is 5.97 Å². The van der Waals surface area contributed by atoms with E-state index in [0.29, 0.717) is 10.6 Å². The lowest BCUT2D eigenvalue weighted by atomic mass is 10.1. The van der Waals surface area contributed by atoms with Crippen LogP contribution in [-0.4, -0.2) is 20.9 Å². The molecule has 0 saturated heterocycles. The maximum absolute atomic E-state index is 10.9. The van der Waals surface area contributed by atoms with Crippen molar-refractivity contribution in [1.29, 1.82) is 0 Å². The molecule has 0 spiro atoms. The predicted octanol–water partition coefficient (Wildman–Crippen LogP) is 2.92. The summed E-state index contributed by atoms with van der Waals surface area (Å²) in [6.07, 6.45) is 3.52. The minimum atomic E-state index is -0.967. The second-order valence-electron chi connectivity index (χ2n) is 3.58. The molecule has 17 heavy (non-hydrogen) atoms. The third kappa shape index (κ3) is 2.31. The molecule has 0 aliphatic rings. The van der Waals surface area contributed by atoms with Gasteiger partial charge in [0, 0.05) is 28.9 Å². The SMILES string of the molecule is CCn1cc(-c2cc(C(=O)O)ccc2Cl)cn1. The number of nitrogens with zero attached hydrogens (tertiary/aromatic N) is 2. The van der Waals surface area contributed by atoms with Crippen LogP contribution in [0.25, 0.3) is 11.1 Å². The summed E-state index contributed by atoms with van der Waals surface area (Å²) in [5.74, 6) is -0.967. The summed E-state index contributed by atoms with van der Waals surface area (Å²) in [5, 5.41) is 13.6. The minimum absolute atomic E-state index is 0.216. The highest BCUT2D eigenvalue weighted by Crippen LogP contribution is 2.28. The predicted molar refractivity (Wildman–Crippen MR) is 65.3 cm³/mol. The summed E-state index contributed by atoms with van der Waals surface area (Å²) >= 11 is 6.06. The Morgan fingerprint density at radius 3 is 2.88 bits per heavy atom. The molecule has 88 valence electrons. The van der Waals surface area contributed by atoms with E-state index in [0.717, 1.165) is 12.1 Å². The van der Waals surface area contributed by atoms with Crippen molar-refractivity contribution in [3.63, 3.8) is 0 Å². The Hall–Kier alpha value is -1.81. The number of hydrogen-bond acceptors (Lipinski definition) is 2. The molecule has 1 aromatic carbocycles. The van der Waals surface area contributed by atoms with E-state index in [1.165, 1.54) is 6.07 Å². The molecule has 0 unspecified atom stereocenters. The summed E-state index contributed by atoms with van der Waals surface area (Å²) in [7, 11) is 0. The van der Waals surface area contributed by atoms with E-state index in [1.807, 2.05) is 13.1 Å². The Bertz CT molecular complexity index is 563. The van der Waals surface area contributed by atoms with Gasteiger partial charge in [-0.05, 0) is 25.1 Å². The average molecular weight is 251 g/mol. The molecule has 0 aliphatic carbocycles. The number of halogens is 1. The Labute approximate surface area is 103 Å². The maximum Gasteiger partial charge on any atom is 0.335 e. The van der Waals surface area contributed by atoms with Gasteiger partial charge in [-0.15, -0.1) is 0 Å². The molecule has 0 radical (unpaired) electrons. The quantitative estimate of drug-likeness (QED) is 0.911. The number of benzene rings is 1. The van der Waals surface area contributed by atoms with Crippen LogP contribution >= 0.6 is 11.6 Å². The monoisotopic (exact) mass is 250 g/mol. The molecule has 0 bridgehead atoms. The van der Waals surface area contributed by atoms with E-state index in [1.54, 1.807) is 23.0 Å². The largest absolute Gasteiger partial charge is 0.478 e. The van der Waals surface area contributed by atoms with Crippen LogP contribution in [0.1, 0.15) is 17.3 Å². The summed E-state index contributed by atoms with van der Waals surface area (Å²) < 4.78 is 1.76. The fraction of sp³-hybridized carbons (Fsp3) is 0.167. The first-order valence-corrected chi connectivity index (χ1v) is 5.55. The summed E-state index contributed by atoms with van der Waals surface area (Å²) in [5.41, 5.74) is 1.72. The van der Waals surface area contributed by atoms with E-state index in [9.17, 15) is 4.79 Å². The normalized spacial score (nSPS) is 10.5. The first kappa shape index (κ1) is 11.7. The van der Waals surface area contributed by atoms with Crippen molar-refractivity contribution in [2.75, 3.05) is 0 Å². The number of carbonyl (C=O) groups is 1. The molecule has 2 rings (SSSR count). The number of hydrogen-bond donors (Lipinski definition) is 1. The van der Waals surface area contributed by atoms with Gasteiger partial charge in [0.05, 0.1) is 11.8 Å². The summed E-state index contributed by atoms with van der Waals surface area (Å²) in [4.78, 5) is 10.9. The van der Waals surface area contributed by atoms with Crippen LogP contribution in [0.4, 0.5) is 0 Å². The molecular weight excluding hydrogens is 240 g/mol. The van der Waals surface area contributed by atoms with Crippen LogP contribution in [-0.2, 0) is 6.54 Å². The molecule has 1 aromatic heterocycles. The number of carboxylic acid groups (broad SMARTS) is 1. The second-order valence-corrected chi connectivity index (χ2v) is 3.99. The van der Waals surface area contributed by atoms with Crippen molar-refractivity contribution >= 4 is 17.6 Å². The van der Waals surface area contributed by atoms with Crippen molar-refractivity contribution in [3.8, 4) is 11.1 Å². The van der Waals surface area contributed by atoms with E-state index >= 15 is 0 Å². The molecule has 0 fully saturated rings. The second kappa shape index (κ2) is 4.59. The first-order chi connectivity index (χ1) is 8.11. The maximum atomic E-state index is 10.9. The van der Waals surface area contributed by atoms with Gasteiger partial charge >= 0.3 is 5.97 Å². The molecule has 2 aromatic rings. The van der Waals surface area contributed by atoms with E-state index in [4.69, 9.17) is 16.7 Å². The molecular formula is C12H11ClN2O2. The minimum Gasteiger partial charge on any atom is -0.478 e. The number of carboxylic acids is 1. The molecule has 0 aliphatic heterocycles. The zero-order chi connectivity index (χ0) is 12.4. The molecule has 0 saturated carbocycles.